The van der Waals surface area contributed by atoms with Gasteiger partial charge in [0, 0.05) is 44.2 Å². The van der Waals surface area contributed by atoms with E-state index in [1.807, 2.05) is 36.1 Å². The number of nitrogens with zero attached hydrogens (tertiary/aromatic N) is 3. The van der Waals surface area contributed by atoms with Crippen molar-refractivity contribution in [3.8, 4) is 0 Å². The molecule has 0 spiro atoms. The van der Waals surface area contributed by atoms with E-state index in [0.717, 1.165) is 11.1 Å². The normalized spacial score (nSPS) is 14.6. The Labute approximate surface area is 157 Å². The lowest BCUT2D eigenvalue weighted by molar-refractivity contribution is 0.0535. The Morgan fingerprint density at radius 1 is 0.926 bits per heavy atom. The highest BCUT2D eigenvalue weighted by molar-refractivity contribution is 5.98. The van der Waals surface area contributed by atoms with Crippen LogP contribution in [0.1, 0.15) is 32.2 Å². The molecule has 2 heterocycles. The minimum absolute atomic E-state index is 0.0275. The van der Waals surface area contributed by atoms with Crippen LogP contribution in [0.2, 0.25) is 0 Å². The summed E-state index contributed by atoms with van der Waals surface area (Å²) in [4.78, 5) is 33.4. The van der Waals surface area contributed by atoms with Crippen molar-refractivity contribution in [2.75, 3.05) is 26.2 Å². The molecule has 0 unspecified atom stereocenters. The van der Waals surface area contributed by atoms with Crippen molar-refractivity contribution in [1.29, 1.82) is 0 Å². The lowest BCUT2D eigenvalue weighted by atomic mass is 10.1. The van der Waals surface area contributed by atoms with Crippen LogP contribution in [0.3, 0.4) is 0 Å². The zero-order valence-corrected chi connectivity index (χ0v) is 15.4. The molecule has 0 bridgehead atoms. The smallest absolute Gasteiger partial charge is 0.254 e. The second kappa shape index (κ2) is 6.87. The van der Waals surface area contributed by atoms with Crippen LogP contribution in [-0.2, 0) is 0 Å². The van der Waals surface area contributed by atoms with Crippen molar-refractivity contribution in [2.45, 2.75) is 13.8 Å². The summed E-state index contributed by atoms with van der Waals surface area (Å²) < 4.78 is 5.46. The first-order valence-electron chi connectivity index (χ1n) is 9.04. The highest BCUT2D eigenvalue weighted by Gasteiger charge is 2.26. The van der Waals surface area contributed by atoms with Gasteiger partial charge in [-0.05, 0) is 36.8 Å². The maximum absolute atomic E-state index is 12.8. The lowest BCUT2D eigenvalue weighted by Crippen LogP contribution is -2.50. The van der Waals surface area contributed by atoms with E-state index >= 15 is 0 Å². The third kappa shape index (κ3) is 3.30. The summed E-state index contributed by atoms with van der Waals surface area (Å²) >= 11 is 0. The molecule has 0 aliphatic carbocycles. The van der Waals surface area contributed by atoms with Crippen LogP contribution >= 0.6 is 0 Å². The maximum atomic E-state index is 12.8. The number of aryl methyl sites for hydroxylation is 2. The average molecular weight is 363 g/mol. The fraction of sp³-hybridized carbons (Fsp3) is 0.286. The number of benzene rings is 2. The maximum Gasteiger partial charge on any atom is 0.254 e. The monoisotopic (exact) mass is 363 g/mol. The molecule has 1 aliphatic heterocycles. The fourth-order valence-electron chi connectivity index (χ4n) is 3.45. The molecule has 0 N–H and O–H groups in total. The van der Waals surface area contributed by atoms with Crippen molar-refractivity contribution in [3.63, 3.8) is 0 Å². The van der Waals surface area contributed by atoms with E-state index in [0.29, 0.717) is 48.7 Å². The Hall–Kier alpha value is -3.15. The van der Waals surface area contributed by atoms with Crippen molar-refractivity contribution >= 4 is 22.9 Å². The van der Waals surface area contributed by atoms with Crippen LogP contribution < -0.4 is 0 Å². The molecule has 0 radical (unpaired) electrons. The van der Waals surface area contributed by atoms with Crippen LogP contribution in [0.15, 0.2) is 46.9 Å². The minimum Gasteiger partial charge on any atom is -0.441 e. The summed E-state index contributed by atoms with van der Waals surface area (Å²) in [5.74, 6) is 0.568. The zero-order chi connectivity index (χ0) is 19.0. The first-order chi connectivity index (χ1) is 13.0. The van der Waals surface area contributed by atoms with E-state index < -0.39 is 0 Å². The average Bonchev–Trinajstić information content (AvgIpc) is 3.06. The van der Waals surface area contributed by atoms with Crippen LogP contribution in [0.5, 0.6) is 0 Å². The molecule has 138 valence electrons. The molecule has 0 saturated carbocycles. The minimum atomic E-state index is -0.0412. The number of carbonyl (C=O) groups excluding carboxylic acids is 2. The number of oxazole rings is 1. The van der Waals surface area contributed by atoms with Gasteiger partial charge >= 0.3 is 0 Å². The number of rotatable bonds is 2. The van der Waals surface area contributed by atoms with E-state index in [4.69, 9.17) is 4.42 Å². The molecule has 2 aromatic carbocycles. The Morgan fingerprint density at radius 2 is 1.59 bits per heavy atom. The Balaban J connectivity index is 1.44. The molecule has 0 atom stereocenters. The molecule has 1 fully saturated rings. The molecule has 4 rings (SSSR count). The van der Waals surface area contributed by atoms with Gasteiger partial charge in [0.05, 0.1) is 0 Å². The molecular weight excluding hydrogens is 342 g/mol. The third-order valence-corrected chi connectivity index (χ3v) is 4.97. The third-order valence-electron chi connectivity index (χ3n) is 4.97. The summed E-state index contributed by atoms with van der Waals surface area (Å²) in [5.41, 5.74) is 3.65. The van der Waals surface area contributed by atoms with Gasteiger partial charge in [0.15, 0.2) is 11.5 Å². The molecule has 2 amide bonds. The zero-order valence-electron chi connectivity index (χ0n) is 15.4. The van der Waals surface area contributed by atoms with Crippen molar-refractivity contribution < 1.29 is 14.0 Å². The van der Waals surface area contributed by atoms with E-state index in [-0.39, 0.29) is 11.8 Å². The topological polar surface area (TPSA) is 66.7 Å². The van der Waals surface area contributed by atoms with Gasteiger partial charge in [-0.1, -0.05) is 18.2 Å². The van der Waals surface area contributed by atoms with Crippen LogP contribution in [-0.4, -0.2) is 52.8 Å². The molecule has 1 saturated heterocycles. The molecule has 1 aromatic heterocycles. The first-order valence-corrected chi connectivity index (χ1v) is 9.04. The van der Waals surface area contributed by atoms with Crippen molar-refractivity contribution in [3.05, 3.63) is 65.0 Å². The quantitative estimate of drug-likeness (QED) is 0.702. The second-order valence-electron chi connectivity index (χ2n) is 6.81. The first kappa shape index (κ1) is 17.3. The van der Waals surface area contributed by atoms with Gasteiger partial charge in [-0.3, -0.25) is 9.59 Å². The van der Waals surface area contributed by atoms with E-state index in [1.54, 1.807) is 30.0 Å². The van der Waals surface area contributed by atoms with Crippen molar-refractivity contribution in [2.24, 2.45) is 0 Å². The summed E-state index contributed by atoms with van der Waals surface area (Å²) in [6.07, 6.45) is 0. The highest BCUT2D eigenvalue weighted by atomic mass is 16.3. The van der Waals surface area contributed by atoms with Gasteiger partial charge in [0.1, 0.15) is 5.52 Å². The summed E-state index contributed by atoms with van der Waals surface area (Å²) in [7, 11) is 0. The van der Waals surface area contributed by atoms with Crippen LogP contribution in [0, 0.1) is 13.8 Å². The van der Waals surface area contributed by atoms with Gasteiger partial charge in [-0.2, -0.15) is 0 Å². The number of amides is 2. The van der Waals surface area contributed by atoms with E-state index in [9.17, 15) is 9.59 Å². The molecule has 1 aliphatic rings. The van der Waals surface area contributed by atoms with E-state index in [1.165, 1.54) is 0 Å². The molecule has 3 aromatic rings. The van der Waals surface area contributed by atoms with Gasteiger partial charge in [-0.25, -0.2) is 4.98 Å². The van der Waals surface area contributed by atoms with E-state index in [2.05, 4.69) is 4.98 Å². The predicted molar refractivity (Wildman–Crippen MR) is 102 cm³/mol. The number of piperazine rings is 1. The van der Waals surface area contributed by atoms with Gasteiger partial charge in [0.2, 0.25) is 0 Å². The Bertz CT molecular complexity index is 1020. The van der Waals surface area contributed by atoms with Crippen LogP contribution in [0.4, 0.5) is 0 Å². The Kier molecular flexibility index (Phi) is 4.39. The number of hydrogen-bond donors (Lipinski definition) is 0. The van der Waals surface area contributed by atoms with Gasteiger partial charge in [-0.15, -0.1) is 0 Å². The molecule has 27 heavy (non-hydrogen) atoms. The summed E-state index contributed by atoms with van der Waals surface area (Å²) in [6.45, 7) is 5.83. The van der Waals surface area contributed by atoms with Crippen molar-refractivity contribution in [1.82, 2.24) is 14.8 Å². The SMILES string of the molecule is Cc1nc2cc(C(=O)N3CCN(C(=O)c4ccccc4C)CC3)ccc2o1. The Morgan fingerprint density at radius 3 is 2.30 bits per heavy atom. The molecule has 6 nitrogen and oxygen atoms in total. The second-order valence-corrected chi connectivity index (χ2v) is 6.81. The number of carbonyl (C=O) groups is 2. The lowest BCUT2D eigenvalue weighted by Gasteiger charge is -2.35. The number of hydrogen-bond acceptors (Lipinski definition) is 4. The summed E-state index contributed by atoms with van der Waals surface area (Å²) in [6, 6.07) is 12.9. The van der Waals surface area contributed by atoms with Gasteiger partial charge < -0.3 is 14.2 Å². The highest BCUT2D eigenvalue weighted by Crippen LogP contribution is 2.19. The molecule has 6 heteroatoms. The standard InChI is InChI=1S/C21H21N3O3/c1-14-5-3-4-6-17(14)21(26)24-11-9-23(10-12-24)20(25)16-7-8-19-18(13-16)22-15(2)27-19/h3-8,13H,9-12H2,1-2H3. The van der Waals surface area contributed by atoms with Gasteiger partial charge in [0.25, 0.3) is 11.8 Å². The van der Waals surface area contributed by atoms with Crippen LogP contribution in [0.25, 0.3) is 11.1 Å². The number of aromatic nitrogens is 1. The summed E-state index contributed by atoms with van der Waals surface area (Å²) in [5, 5.41) is 0. The predicted octanol–water partition coefficient (Wildman–Crippen LogP) is 3.04. The number of fused-ring (bicyclic) bond motifs is 1. The fourth-order valence-corrected chi connectivity index (χ4v) is 3.45. The largest absolute Gasteiger partial charge is 0.441 e. The molecular formula is C21H21N3O3.